The normalized spacial score (nSPS) is 11.8. The average Bonchev–Trinajstić information content (AvgIpc) is 2.75. The quantitative estimate of drug-likeness (QED) is 0.495. The highest BCUT2D eigenvalue weighted by molar-refractivity contribution is 9.10. The molecule has 2 aromatic carbocycles. The summed E-state index contributed by atoms with van der Waals surface area (Å²) in [5, 5.41) is 12.0. The zero-order valence-electron chi connectivity index (χ0n) is 18.2. The predicted octanol–water partition coefficient (Wildman–Crippen LogP) is 3.58. The van der Waals surface area contributed by atoms with E-state index in [-0.39, 0.29) is 34.9 Å². The van der Waals surface area contributed by atoms with Crippen LogP contribution in [0.3, 0.4) is 0 Å². The molecule has 0 aliphatic rings. The number of ether oxygens (including phenoxy) is 1. The lowest BCUT2D eigenvalue weighted by Gasteiger charge is -2.20. The molecule has 33 heavy (non-hydrogen) atoms. The Kier molecular flexibility index (Phi) is 7.60. The first-order valence-corrected chi connectivity index (χ1v) is 10.8. The summed E-state index contributed by atoms with van der Waals surface area (Å²) in [6.45, 7) is 4.77. The van der Waals surface area contributed by atoms with Gasteiger partial charge in [-0.2, -0.15) is 4.98 Å². The van der Waals surface area contributed by atoms with Gasteiger partial charge in [-0.15, -0.1) is 0 Å². The molecule has 1 atom stereocenters. The molecule has 0 spiro atoms. The van der Waals surface area contributed by atoms with Crippen LogP contribution in [0.2, 0.25) is 0 Å². The minimum Gasteiger partial charge on any atom is -0.473 e. The van der Waals surface area contributed by atoms with E-state index in [1.807, 2.05) is 6.92 Å². The molecule has 0 saturated carbocycles. The molecule has 10 heteroatoms. The van der Waals surface area contributed by atoms with Crippen molar-refractivity contribution in [1.82, 2.24) is 14.9 Å². The monoisotopic (exact) mass is 521 g/mol. The van der Waals surface area contributed by atoms with Gasteiger partial charge in [-0.05, 0) is 66.5 Å². The van der Waals surface area contributed by atoms with Gasteiger partial charge in [-0.1, -0.05) is 6.07 Å². The van der Waals surface area contributed by atoms with Gasteiger partial charge in [0.1, 0.15) is 28.5 Å². The SMILES string of the molecule is Cc1ccc(C(=O)NC[C@H](C)O)cc1-n1c(C)nc(=O)c(Br)c1OCc1ccc(F)cc1F. The molecule has 1 heterocycles. The second-order valence-corrected chi connectivity index (χ2v) is 8.30. The summed E-state index contributed by atoms with van der Waals surface area (Å²) < 4.78 is 34.7. The zero-order chi connectivity index (χ0) is 24.3. The Morgan fingerprint density at radius 1 is 1.24 bits per heavy atom. The van der Waals surface area contributed by atoms with Crippen LogP contribution in [0, 0.1) is 25.5 Å². The third-order valence-corrected chi connectivity index (χ3v) is 5.49. The fraction of sp³-hybridized carbons (Fsp3) is 0.261. The first-order valence-electron chi connectivity index (χ1n) is 10.0. The van der Waals surface area contributed by atoms with E-state index in [1.54, 1.807) is 32.0 Å². The van der Waals surface area contributed by atoms with Crippen molar-refractivity contribution >= 4 is 21.8 Å². The number of amides is 1. The van der Waals surface area contributed by atoms with Gasteiger partial charge < -0.3 is 15.2 Å². The van der Waals surface area contributed by atoms with Crippen molar-refractivity contribution < 1.29 is 23.4 Å². The van der Waals surface area contributed by atoms with Crippen LogP contribution >= 0.6 is 15.9 Å². The number of hydrogen-bond donors (Lipinski definition) is 2. The fourth-order valence-electron chi connectivity index (χ4n) is 3.11. The topological polar surface area (TPSA) is 93.5 Å². The van der Waals surface area contributed by atoms with Crippen molar-refractivity contribution in [1.29, 1.82) is 0 Å². The molecule has 0 bridgehead atoms. The Morgan fingerprint density at radius 3 is 2.64 bits per heavy atom. The summed E-state index contributed by atoms with van der Waals surface area (Å²) in [5.41, 5.74) is 1.10. The van der Waals surface area contributed by atoms with Crippen molar-refractivity contribution in [2.24, 2.45) is 0 Å². The predicted molar refractivity (Wildman–Crippen MR) is 122 cm³/mol. The number of hydrogen-bond acceptors (Lipinski definition) is 5. The highest BCUT2D eigenvalue weighted by Gasteiger charge is 2.20. The van der Waals surface area contributed by atoms with Crippen LogP contribution in [-0.4, -0.2) is 33.2 Å². The van der Waals surface area contributed by atoms with E-state index in [1.165, 1.54) is 10.6 Å². The summed E-state index contributed by atoms with van der Waals surface area (Å²) in [5.74, 6) is -1.55. The van der Waals surface area contributed by atoms with Crippen LogP contribution in [0.15, 0.2) is 45.7 Å². The molecule has 0 fully saturated rings. The third-order valence-electron chi connectivity index (χ3n) is 4.82. The maximum atomic E-state index is 14.1. The standard InChI is InChI=1S/C23H22BrF2N3O4/c1-12-4-5-15(21(31)27-10-13(2)30)8-19(12)29-14(3)28-22(32)20(24)23(29)33-11-16-6-7-17(25)9-18(16)26/h4-9,13,30H,10-11H2,1-3H3,(H,27,31)/t13-/m0/s1. The summed E-state index contributed by atoms with van der Waals surface area (Å²) >= 11 is 3.20. The van der Waals surface area contributed by atoms with Crippen LogP contribution in [0.4, 0.5) is 8.78 Å². The molecule has 7 nitrogen and oxygen atoms in total. The van der Waals surface area contributed by atoms with E-state index in [4.69, 9.17) is 4.74 Å². The molecule has 3 aromatic rings. The summed E-state index contributed by atoms with van der Waals surface area (Å²) in [4.78, 5) is 28.8. The number of aryl methyl sites for hydroxylation is 2. The highest BCUT2D eigenvalue weighted by atomic mass is 79.9. The number of aliphatic hydroxyl groups excluding tert-OH is 1. The molecule has 0 aliphatic carbocycles. The van der Waals surface area contributed by atoms with Crippen molar-refractivity contribution in [3.05, 3.63) is 85.4 Å². The molecule has 1 aromatic heterocycles. The van der Waals surface area contributed by atoms with Crippen LogP contribution in [0.25, 0.3) is 5.69 Å². The van der Waals surface area contributed by atoms with Crippen LogP contribution < -0.4 is 15.6 Å². The minimum atomic E-state index is -0.779. The zero-order valence-corrected chi connectivity index (χ0v) is 19.7. The number of carbonyl (C=O) groups is 1. The van der Waals surface area contributed by atoms with Gasteiger partial charge in [0.15, 0.2) is 0 Å². The smallest absolute Gasteiger partial charge is 0.291 e. The van der Waals surface area contributed by atoms with Gasteiger partial charge >= 0.3 is 0 Å². The number of nitrogens with zero attached hydrogens (tertiary/aromatic N) is 2. The lowest BCUT2D eigenvalue weighted by molar-refractivity contribution is 0.0924. The molecule has 0 aliphatic heterocycles. The van der Waals surface area contributed by atoms with E-state index in [0.29, 0.717) is 11.3 Å². The Labute approximate surface area is 197 Å². The largest absolute Gasteiger partial charge is 0.473 e. The van der Waals surface area contributed by atoms with Gasteiger partial charge in [0.05, 0.1) is 11.8 Å². The van der Waals surface area contributed by atoms with Gasteiger partial charge in [0, 0.05) is 23.7 Å². The number of aliphatic hydroxyl groups is 1. The lowest BCUT2D eigenvalue weighted by atomic mass is 10.1. The van der Waals surface area contributed by atoms with Gasteiger partial charge in [-0.25, -0.2) is 8.78 Å². The molecule has 1 amide bonds. The van der Waals surface area contributed by atoms with Gasteiger partial charge in [-0.3, -0.25) is 14.2 Å². The minimum absolute atomic E-state index is 0.0129. The van der Waals surface area contributed by atoms with Crippen LogP contribution in [0.1, 0.15) is 34.2 Å². The number of rotatable bonds is 7. The second kappa shape index (κ2) is 10.2. The Balaban J connectivity index is 2.06. The molecule has 0 saturated heterocycles. The number of halogens is 3. The number of carbonyl (C=O) groups excluding carboxylic acids is 1. The molecule has 0 radical (unpaired) electrons. The maximum Gasteiger partial charge on any atom is 0.291 e. The van der Waals surface area contributed by atoms with E-state index in [2.05, 4.69) is 26.2 Å². The Bertz CT molecular complexity index is 1260. The first kappa shape index (κ1) is 24.5. The van der Waals surface area contributed by atoms with Crippen molar-refractivity contribution in [2.45, 2.75) is 33.5 Å². The number of aromatic nitrogens is 2. The first-order chi connectivity index (χ1) is 15.6. The van der Waals surface area contributed by atoms with Crippen molar-refractivity contribution in [3.8, 4) is 11.6 Å². The van der Waals surface area contributed by atoms with Crippen molar-refractivity contribution in [3.63, 3.8) is 0 Å². The summed E-state index contributed by atoms with van der Waals surface area (Å²) in [7, 11) is 0. The van der Waals surface area contributed by atoms with E-state index in [9.17, 15) is 23.5 Å². The van der Waals surface area contributed by atoms with E-state index < -0.39 is 29.2 Å². The summed E-state index contributed by atoms with van der Waals surface area (Å²) in [6.07, 6.45) is -0.702. The highest BCUT2D eigenvalue weighted by Crippen LogP contribution is 2.29. The summed E-state index contributed by atoms with van der Waals surface area (Å²) in [6, 6.07) is 8.07. The number of nitrogens with one attached hydrogen (secondary N) is 1. The second-order valence-electron chi connectivity index (χ2n) is 7.50. The molecule has 174 valence electrons. The van der Waals surface area contributed by atoms with Crippen LogP contribution in [-0.2, 0) is 6.61 Å². The third kappa shape index (κ3) is 5.63. The lowest BCUT2D eigenvalue weighted by Crippen LogP contribution is -2.30. The van der Waals surface area contributed by atoms with Crippen molar-refractivity contribution in [2.75, 3.05) is 6.54 Å². The molecule has 3 rings (SSSR count). The molecular formula is C23H22BrF2N3O4. The van der Waals surface area contributed by atoms with E-state index in [0.717, 1.165) is 17.7 Å². The number of benzene rings is 2. The molecular weight excluding hydrogens is 500 g/mol. The maximum absolute atomic E-state index is 14.1. The van der Waals surface area contributed by atoms with Gasteiger partial charge in [0.2, 0.25) is 5.88 Å². The average molecular weight is 522 g/mol. The Hall–Kier alpha value is -3.11. The van der Waals surface area contributed by atoms with E-state index >= 15 is 0 Å². The Morgan fingerprint density at radius 2 is 1.97 bits per heavy atom. The van der Waals surface area contributed by atoms with Gasteiger partial charge in [0.25, 0.3) is 11.5 Å². The fourth-order valence-corrected chi connectivity index (χ4v) is 3.49. The molecule has 2 N–H and O–H groups in total. The van der Waals surface area contributed by atoms with Crippen LogP contribution in [0.5, 0.6) is 5.88 Å². The molecule has 0 unspecified atom stereocenters.